The first-order valence-corrected chi connectivity index (χ1v) is 26.6. The molecular formula is C56H87NO14. The summed E-state index contributed by atoms with van der Waals surface area (Å²) in [6.07, 6.45) is 13.0. The highest BCUT2D eigenvalue weighted by Gasteiger charge is 2.53. The van der Waals surface area contributed by atoms with Gasteiger partial charge in [0, 0.05) is 64.6 Å². The number of aliphatic hydroxyl groups is 3. The van der Waals surface area contributed by atoms with Gasteiger partial charge in [0.1, 0.15) is 30.1 Å². The lowest BCUT2D eigenvalue weighted by Crippen LogP contribution is -2.61. The Labute approximate surface area is 423 Å². The molecule has 3 saturated heterocycles. The molecule has 1 saturated carbocycles. The van der Waals surface area contributed by atoms with Crippen molar-refractivity contribution in [3.63, 3.8) is 0 Å². The topological polar surface area (TPSA) is 205 Å². The van der Waals surface area contributed by atoms with Crippen LogP contribution in [0.15, 0.2) is 47.6 Å². The fraction of sp³-hybridized carbons (Fsp3) is 0.768. The number of fused-ring (bicyclic) bond motifs is 3. The van der Waals surface area contributed by atoms with E-state index in [1.165, 1.54) is 12.0 Å². The number of carbonyl (C=O) groups is 5. The van der Waals surface area contributed by atoms with Crippen LogP contribution in [0, 0.1) is 41.4 Å². The number of Topliss-reactive ketones (excluding diaryl/α,β-unsaturated/α-hetero) is 3. The number of ketones is 3. The van der Waals surface area contributed by atoms with Gasteiger partial charge in [-0.2, -0.15) is 0 Å². The standard InChI is InChI=1S/C56H87NO14/c1-34-15-11-10-12-16-35(2)47(69-33-41-22-25-68-26-23-41)31-43-20-18-40(7)56(65,71-43)53(62)54(63)57-24-14-13-17-44(57)55(64)70-48(37(4)29-42-19-21-45(58)49(30-42)66-8)32-46(59)36(3)28-39(6)51(61)52(67-9)50(60)38(5)27-34/h10-12,15-16,28,34,36-38,40-45,47-49,51-52,58,61,65H,13-14,17-27,29-33H2,1-9H3/b12-10+,15-11+,35-16+,39-28+/t34-,36-,37-,38-,40-,42+,43+,44?,45-,47-,48+,49-,51-,52+,56-/m1/s1. The lowest BCUT2D eigenvalue weighted by atomic mass is 9.78. The Balaban J connectivity index is 1.48. The third-order valence-corrected chi connectivity index (χ3v) is 16.1. The molecule has 0 aromatic rings. The second-order valence-corrected chi connectivity index (χ2v) is 21.7. The molecule has 1 amide bonds. The molecular weight excluding hydrogens is 911 g/mol. The number of esters is 1. The molecule has 0 radical (unpaired) electrons. The number of cyclic esters (lactones) is 1. The molecule has 5 rings (SSSR count). The van der Waals surface area contributed by atoms with Gasteiger partial charge in [-0.05, 0) is 126 Å². The summed E-state index contributed by atoms with van der Waals surface area (Å²) in [4.78, 5) is 72.6. The summed E-state index contributed by atoms with van der Waals surface area (Å²) < 4.78 is 36.0. The van der Waals surface area contributed by atoms with E-state index in [4.69, 9.17) is 28.4 Å². The predicted octanol–water partition coefficient (Wildman–Crippen LogP) is 6.98. The number of ether oxygens (including phenoxy) is 6. The number of amides is 1. The van der Waals surface area contributed by atoms with Crippen molar-refractivity contribution in [1.29, 1.82) is 0 Å². The van der Waals surface area contributed by atoms with Crippen LogP contribution in [0.3, 0.4) is 0 Å². The SMILES string of the molecule is CO[C@@H]1C[C@H](C[C@@H](C)[C@@H]2CC(=O)[C@H](C)/C=C(\C)[C@@H](O)[C@@H](OC)C(=O)[C@H](C)C[C@H](C)/C=C/C=C/C=C(\C)[C@H](OCC3CCOCC3)C[C@@H]3CC[C@@H](C)[C@@](O)(O3)C(=O)C(=O)N3CCCCC3C(=O)O2)CC[C@H]1O. The summed E-state index contributed by atoms with van der Waals surface area (Å²) in [6, 6.07) is -1.15. The van der Waals surface area contributed by atoms with Crippen molar-refractivity contribution in [2.75, 3.05) is 40.6 Å². The normalized spacial score (nSPS) is 39.6. The molecule has 4 aliphatic heterocycles. The van der Waals surface area contributed by atoms with Gasteiger partial charge in [-0.3, -0.25) is 19.2 Å². The molecule has 3 N–H and O–H groups in total. The Morgan fingerprint density at radius 1 is 0.831 bits per heavy atom. The molecule has 1 aliphatic carbocycles. The van der Waals surface area contributed by atoms with Gasteiger partial charge < -0.3 is 48.6 Å². The molecule has 0 spiro atoms. The number of nitrogens with zero attached hydrogens (tertiary/aromatic N) is 1. The zero-order valence-corrected chi connectivity index (χ0v) is 44.1. The Kier molecular flexibility index (Phi) is 22.9. The number of methoxy groups -OCH3 is 2. The van der Waals surface area contributed by atoms with E-state index in [0.29, 0.717) is 89.1 Å². The van der Waals surface area contributed by atoms with Crippen LogP contribution in [-0.2, 0) is 52.4 Å². The van der Waals surface area contributed by atoms with Crippen LogP contribution in [0.25, 0.3) is 0 Å². The maximum Gasteiger partial charge on any atom is 0.329 e. The number of piperidine rings is 1. The molecule has 15 heteroatoms. The van der Waals surface area contributed by atoms with E-state index in [-0.39, 0.29) is 54.8 Å². The Morgan fingerprint density at radius 2 is 1.56 bits per heavy atom. The Hall–Kier alpha value is -3.41. The van der Waals surface area contributed by atoms with Gasteiger partial charge in [0.15, 0.2) is 5.78 Å². The lowest BCUT2D eigenvalue weighted by molar-refractivity contribution is -0.266. The van der Waals surface area contributed by atoms with E-state index in [1.54, 1.807) is 34.0 Å². The van der Waals surface area contributed by atoms with E-state index in [0.717, 1.165) is 24.8 Å². The first kappa shape index (κ1) is 58.5. The average molecular weight is 998 g/mol. The van der Waals surface area contributed by atoms with Crippen LogP contribution in [0.4, 0.5) is 0 Å². The van der Waals surface area contributed by atoms with Crippen LogP contribution in [0.2, 0.25) is 0 Å². The number of carbonyl (C=O) groups excluding carboxylic acids is 5. The zero-order valence-electron chi connectivity index (χ0n) is 44.1. The minimum absolute atomic E-state index is 0.00897. The molecule has 5 aliphatic rings. The first-order valence-electron chi connectivity index (χ1n) is 26.6. The minimum atomic E-state index is -2.45. The smallest absolute Gasteiger partial charge is 0.329 e. The number of hydrogen-bond acceptors (Lipinski definition) is 14. The average Bonchev–Trinajstić information content (AvgIpc) is 3.35. The Bertz CT molecular complexity index is 1910. The number of allylic oxidation sites excluding steroid dienone is 6. The predicted molar refractivity (Wildman–Crippen MR) is 268 cm³/mol. The molecule has 400 valence electrons. The summed E-state index contributed by atoms with van der Waals surface area (Å²) in [6.45, 7) is 14.7. The maximum absolute atomic E-state index is 14.5. The highest BCUT2D eigenvalue weighted by molar-refractivity contribution is 6.39. The van der Waals surface area contributed by atoms with Gasteiger partial charge in [0.25, 0.3) is 11.7 Å². The molecule has 1 unspecified atom stereocenters. The molecule has 15 atom stereocenters. The van der Waals surface area contributed by atoms with E-state index < -0.39 is 83.9 Å². The first-order chi connectivity index (χ1) is 33.8. The molecule has 71 heavy (non-hydrogen) atoms. The van der Waals surface area contributed by atoms with Gasteiger partial charge in [0.05, 0.1) is 31.0 Å². The highest BCUT2D eigenvalue weighted by atomic mass is 16.6. The van der Waals surface area contributed by atoms with Crippen LogP contribution in [-0.4, -0.2) is 145 Å². The highest BCUT2D eigenvalue weighted by Crippen LogP contribution is 2.38. The number of aliphatic hydroxyl groups excluding tert-OH is 2. The van der Waals surface area contributed by atoms with Crippen molar-refractivity contribution >= 4 is 29.2 Å². The van der Waals surface area contributed by atoms with Gasteiger partial charge in [-0.15, -0.1) is 0 Å². The van der Waals surface area contributed by atoms with Crippen molar-refractivity contribution in [3.05, 3.63) is 47.6 Å². The van der Waals surface area contributed by atoms with E-state index in [1.807, 2.05) is 58.1 Å². The summed E-state index contributed by atoms with van der Waals surface area (Å²) in [5, 5.41) is 34.2. The third kappa shape index (κ3) is 16.0. The molecule has 2 bridgehead atoms. The number of hydrogen-bond donors (Lipinski definition) is 3. The van der Waals surface area contributed by atoms with Gasteiger partial charge in [-0.1, -0.05) is 71.1 Å². The van der Waals surface area contributed by atoms with E-state index >= 15 is 0 Å². The minimum Gasteiger partial charge on any atom is -0.460 e. The summed E-state index contributed by atoms with van der Waals surface area (Å²) in [5.74, 6) is -7.70. The van der Waals surface area contributed by atoms with Gasteiger partial charge >= 0.3 is 5.97 Å². The van der Waals surface area contributed by atoms with Crippen LogP contribution < -0.4 is 0 Å². The van der Waals surface area contributed by atoms with Crippen LogP contribution in [0.1, 0.15) is 138 Å². The van der Waals surface area contributed by atoms with Gasteiger partial charge in [0.2, 0.25) is 5.79 Å². The maximum atomic E-state index is 14.5. The summed E-state index contributed by atoms with van der Waals surface area (Å²) >= 11 is 0. The van der Waals surface area contributed by atoms with Crippen molar-refractivity contribution in [2.45, 2.75) is 193 Å². The molecule has 4 fully saturated rings. The lowest BCUT2D eigenvalue weighted by Gasteiger charge is -2.43. The largest absolute Gasteiger partial charge is 0.460 e. The molecule has 0 aromatic carbocycles. The van der Waals surface area contributed by atoms with E-state index in [9.17, 15) is 39.3 Å². The molecule has 15 nitrogen and oxygen atoms in total. The quantitative estimate of drug-likeness (QED) is 0.128. The number of rotatable bonds is 8. The summed E-state index contributed by atoms with van der Waals surface area (Å²) in [7, 11) is 2.95. The van der Waals surface area contributed by atoms with Crippen molar-refractivity contribution in [1.82, 2.24) is 4.90 Å². The molecule has 0 aromatic heterocycles. The van der Waals surface area contributed by atoms with Crippen LogP contribution >= 0.6 is 0 Å². The van der Waals surface area contributed by atoms with Gasteiger partial charge in [-0.25, -0.2) is 4.79 Å². The van der Waals surface area contributed by atoms with Crippen molar-refractivity contribution < 1.29 is 67.7 Å². The molecule has 4 heterocycles. The zero-order chi connectivity index (χ0) is 52.0. The monoisotopic (exact) mass is 998 g/mol. The second kappa shape index (κ2) is 27.8. The third-order valence-electron chi connectivity index (χ3n) is 16.1. The fourth-order valence-corrected chi connectivity index (χ4v) is 11.2. The second-order valence-electron chi connectivity index (χ2n) is 21.7. The fourth-order valence-electron chi connectivity index (χ4n) is 11.2. The van der Waals surface area contributed by atoms with E-state index in [2.05, 4.69) is 0 Å². The van der Waals surface area contributed by atoms with Crippen molar-refractivity contribution in [2.24, 2.45) is 41.4 Å². The summed E-state index contributed by atoms with van der Waals surface area (Å²) in [5.41, 5.74) is 1.30. The van der Waals surface area contributed by atoms with Crippen molar-refractivity contribution in [3.8, 4) is 0 Å². The van der Waals surface area contributed by atoms with Crippen LogP contribution in [0.5, 0.6) is 0 Å². The Morgan fingerprint density at radius 3 is 2.27 bits per heavy atom.